The first-order valence-electron chi connectivity index (χ1n) is 7.97. The normalized spacial score (nSPS) is 24.7. The average Bonchev–Trinajstić information content (AvgIpc) is 2.94. The first-order valence-corrected chi connectivity index (χ1v) is 7.97. The summed E-state index contributed by atoms with van der Waals surface area (Å²) in [4.78, 5) is 20.8. The summed E-state index contributed by atoms with van der Waals surface area (Å²) >= 11 is 0. The lowest BCUT2D eigenvalue weighted by Crippen LogP contribution is -2.55. The van der Waals surface area contributed by atoms with Crippen molar-refractivity contribution >= 4 is 22.4 Å². The molecule has 1 aromatic heterocycles. The molecule has 23 heavy (non-hydrogen) atoms. The van der Waals surface area contributed by atoms with E-state index in [4.69, 9.17) is 0 Å². The summed E-state index contributed by atoms with van der Waals surface area (Å²) in [5.74, 6) is 0.343. The number of carbonyl (C=O) groups is 1. The Balaban J connectivity index is 1.75. The Hall–Kier alpha value is -2.45. The number of Topliss-reactive ketones (excluding diaryl/α,β-unsaturated/α-hetero) is 1. The van der Waals surface area contributed by atoms with Crippen LogP contribution in [0.25, 0.3) is 10.9 Å². The van der Waals surface area contributed by atoms with Crippen molar-refractivity contribution in [2.24, 2.45) is 0 Å². The van der Waals surface area contributed by atoms with Crippen molar-refractivity contribution in [1.82, 2.24) is 9.88 Å². The summed E-state index contributed by atoms with van der Waals surface area (Å²) < 4.78 is 0. The number of ketones is 1. The fraction of sp³-hybridized carbons (Fsp3) is 0.389. The van der Waals surface area contributed by atoms with Gasteiger partial charge in [0.25, 0.3) is 0 Å². The number of benzene rings is 1. The van der Waals surface area contributed by atoms with Gasteiger partial charge in [-0.05, 0) is 31.2 Å². The minimum Gasteiger partial charge on any atom is -0.368 e. The summed E-state index contributed by atoms with van der Waals surface area (Å²) in [6.45, 7) is 4.52. The highest BCUT2D eigenvalue weighted by molar-refractivity contribution is 5.95. The summed E-state index contributed by atoms with van der Waals surface area (Å²) in [5.41, 5.74) is 2.47. The minimum absolute atomic E-state index is 0.300. The molecular formula is C18H18N4O. The molecule has 2 aromatic rings. The predicted molar refractivity (Wildman–Crippen MR) is 88.3 cm³/mol. The number of fused-ring (bicyclic) bond motifs is 2. The molecule has 3 heterocycles. The van der Waals surface area contributed by atoms with Gasteiger partial charge in [0.2, 0.25) is 0 Å². The van der Waals surface area contributed by atoms with Gasteiger partial charge in [0.05, 0.1) is 17.6 Å². The Morgan fingerprint density at radius 3 is 3.00 bits per heavy atom. The lowest BCUT2D eigenvalue weighted by molar-refractivity contribution is -0.117. The summed E-state index contributed by atoms with van der Waals surface area (Å²) in [5, 5.41) is 10.3. The third kappa shape index (κ3) is 2.27. The molecule has 2 atom stereocenters. The van der Waals surface area contributed by atoms with E-state index < -0.39 is 0 Å². The molecule has 5 nitrogen and oxygen atoms in total. The number of piperazine rings is 1. The maximum absolute atomic E-state index is 11.8. The van der Waals surface area contributed by atoms with Crippen molar-refractivity contribution in [3.05, 3.63) is 36.0 Å². The van der Waals surface area contributed by atoms with Crippen molar-refractivity contribution in [3.8, 4) is 6.07 Å². The van der Waals surface area contributed by atoms with Gasteiger partial charge >= 0.3 is 0 Å². The molecule has 0 saturated carbocycles. The highest BCUT2D eigenvalue weighted by Gasteiger charge is 2.39. The third-order valence-electron chi connectivity index (χ3n) is 4.98. The lowest BCUT2D eigenvalue weighted by Gasteiger charge is -2.43. The number of nitrogens with zero attached hydrogens (tertiary/aromatic N) is 4. The van der Waals surface area contributed by atoms with E-state index in [1.54, 1.807) is 6.20 Å². The van der Waals surface area contributed by atoms with Gasteiger partial charge in [-0.25, -0.2) is 0 Å². The highest BCUT2D eigenvalue weighted by atomic mass is 16.1. The second kappa shape index (κ2) is 5.32. The summed E-state index contributed by atoms with van der Waals surface area (Å²) in [7, 11) is 0. The monoisotopic (exact) mass is 306 g/mol. The van der Waals surface area contributed by atoms with E-state index in [1.165, 1.54) is 0 Å². The van der Waals surface area contributed by atoms with Crippen LogP contribution in [0.5, 0.6) is 0 Å². The van der Waals surface area contributed by atoms with Crippen LogP contribution in [-0.4, -0.2) is 47.4 Å². The molecule has 2 aliphatic rings. The maximum atomic E-state index is 11.8. The summed E-state index contributed by atoms with van der Waals surface area (Å²) in [6, 6.07) is 10.7. The summed E-state index contributed by atoms with van der Waals surface area (Å²) in [6.07, 6.45) is 2.37. The molecule has 4 rings (SSSR count). The smallest absolute Gasteiger partial charge is 0.148 e. The number of rotatable bonds is 1. The van der Waals surface area contributed by atoms with E-state index in [0.717, 1.165) is 29.7 Å². The van der Waals surface area contributed by atoms with Crippen molar-refractivity contribution < 1.29 is 4.79 Å². The molecule has 2 saturated heterocycles. The van der Waals surface area contributed by atoms with Crippen LogP contribution in [0.4, 0.5) is 5.69 Å². The third-order valence-corrected chi connectivity index (χ3v) is 4.98. The van der Waals surface area contributed by atoms with E-state index in [-0.39, 0.29) is 0 Å². The number of anilines is 1. The molecule has 0 radical (unpaired) electrons. The van der Waals surface area contributed by atoms with Gasteiger partial charge in [-0.3, -0.25) is 14.7 Å². The molecule has 1 aromatic carbocycles. The molecule has 0 amide bonds. The van der Waals surface area contributed by atoms with Crippen LogP contribution >= 0.6 is 0 Å². The minimum atomic E-state index is 0.300. The van der Waals surface area contributed by atoms with Gasteiger partial charge in [-0.2, -0.15) is 5.26 Å². The van der Waals surface area contributed by atoms with Crippen LogP contribution in [0.2, 0.25) is 0 Å². The van der Waals surface area contributed by atoms with E-state index in [2.05, 4.69) is 27.8 Å². The Morgan fingerprint density at radius 2 is 2.17 bits per heavy atom. The van der Waals surface area contributed by atoms with Crippen LogP contribution in [0.3, 0.4) is 0 Å². The van der Waals surface area contributed by atoms with Gasteiger partial charge in [0.1, 0.15) is 11.9 Å². The Morgan fingerprint density at radius 1 is 1.30 bits per heavy atom. The second-order valence-corrected chi connectivity index (χ2v) is 6.47. The molecule has 5 heteroatoms. The van der Waals surface area contributed by atoms with Gasteiger partial charge < -0.3 is 4.90 Å². The van der Waals surface area contributed by atoms with Crippen LogP contribution in [0, 0.1) is 11.3 Å². The number of hydrogen-bond donors (Lipinski definition) is 0. The highest BCUT2D eigenvalue weighted by Crippen LogP contribution is 2.32. The zero-order valence-electron chi connectivity index (χ0n) is 13.1. The largest absolute Gasteiger partial charge is 0.368 e. The standard InChI is InChI=1S/C18H18N4O/c1-12-9-21(10-14-7-15(23)11-22(12)14)17-5-4-13(8-19)18-16(17)3-2-6-20-18/h2-6,12,14H,7,9-11H2,1H3/t12-,14+/m1/s1. The Labute approximate surface area is 135 Å². The van der Waals surface area contributed by atoms with Crippen molar-refractivity contribution in [2.45, 2.75) is 25.4 Å². The number of carbonyl (C=O) groups excluding carboxylic acids is 1. The molecule has 0 aliphatic carbocycles. The van der Waals surface area contributed by atoms with Crippen LogP contribution in [0.1, 0.15) is 18.9 Å². The lowest BCUT2D eigenvalue weighted by atomic mass is 10.0. The fourth-order valence-corrected chi connectivity index (χ4v) is 3.94. The molecular weight excluding hydrogens is 288 g/mol. The molecule has 2 fully saturated rings. The molecule has 2 aliphatic heterocycles. The van der Waals surface area contributed by atoms with Crippen LogP contribution in [-0.2, 0) is 4.79 Å². The zero-order valence-corrected chi connectivity index (χ0v) is 13.1. The van der Waals surface area contributed by atoms with E-state index >= 15 is 0 Å². The van der Waals surface area contributed by atoms with Crippen LogP contribution < -0.4 is 4.90 Å². The van der Waals surface area contributed by atoms with E-state index in [1.807, 2.05) is 24.3 Å². The predicted octanol–water partition coefficient (Wildman–Crippen LogP) is 1.96. The van der Waals surface area contributed by atoms with Gasteiger partial charge in [0, 0.05) is 48.9 Å². The SMILES string of the molecule is C[C@@H]1CN(c2ccc(C#N)c3ncccc23)C[C@@H]2CC(=O)CN21. The molecule has 0 bridgehead atoms. The van der Waals surface area contributed by atoms with Gasteiger partial charge in [0.15, 0.2) is 0 Å². The van der Waals surface area contributed by atoms with E-state index in [0.29, 0.717) is 36.4 Å². The van der Waals surface area contributed by atoms with Gasteiger partial charge in [-0.1, -0.05) is 0 Å². The van der Waals surface area contributed by atoms with Crippen molar-refractivity contribution in [3.63, 3.8) is 0 Å². The van der Waals surface area contributed by atoms with Crippen molar-refractivity contribution in [1.29, 1.82) is 5.26 Å². The average molecular weight is 306 g/mol. The Bertz CT molecular complexity index is 825. The quantitative estimate of drug-likeness (QED) is 0.806. The number of nitriles is 1. The maximum Gasteiger partial charge on any atom is 0.148 e. The Kier molecular flexibility index (Phi) is 3.28. The first-order chi connectivity index (χ1) is 11.2. The molecule has 0 unspecified atom stereocenters. The number of hydrogen-bond acceptors (Lipinski definition) is 5. The fourth-order valence-electron chi connectivity index (χ4n) is 3.94. The van der Waals surface area contributed by atoms with Gasteiger partial charge in [-0.15, -0.1) is 0 Å². The van der Waals surface area contributed by atoms with Crippen molar-refractivity contribution in [2.75, 3.05) is 24.5 Å². The number of pyridine rings is 1. The molecule has 116 valence electrons. The topological polar surface area (TPSA) is 60.2 Å². The molecule has 0 spiro atoms. The number of aromatic nitrogens is 1. The van der Waals surface area contributed by atoms with Crippen LogP contribution in [0.15, 0.2) is 30.5 Å². The second-order valence-electron chi connectivity index (χ2n) is 6.47. The zero-order chi connectivity index (χ0) is 16.0. The molecule has 0 N–H and O–H groups in total. The van der Waals surface area contributed by atoms with E-state index in [9.17, 15) is 10.1 Å². The first kappa shape index (κ1) is 14.2.